The zero-order valence-electron chi connectivity index (χ0n) is 17.2. The van der Waals surface area contributed by atoms with E-state index in [4.69, 9.17) is 9.47 Å². The van der Waals surface area contributed by atoms with Crippen LogP contribution in [0.3, 0.4) is 0 Å². The van der Waals surface area contributed by atoms with Crippen LogP contribution in [0.25, 0.3) is 0 Å². The number of amides is 1. The molecule has 2 aromatic rings. The van der Waals surface area contributed by atoms with E-state index in [0.717, 1.165) is 54.2 Å². The SMILES string of the molecule is CCCN1CCc2c(sc(NC(=O)Cc3ccc(OC)cc3)c2C(=O)OCC)C1. The Morgan fingerprint density at radius 2 is 1.97 bits per heavy atom. The highest BCUT2D eigenvalue weighted by Gasteiger charge is 2.29. The third-order valence-corrected chi connectivity index (χ3v) is 6.06. The average molecular weight is 417 g/mol. The highest BCUT2D eigenvalue weighted by Crippen LogP contribution is 2.37. The van der Waals surface area contributed by atoms with Crippen molar-refractivity contribution in [3.63, 3.8) is 0 Å². The summed E-state index contributed by atoms with van der Waals surface area (Å²) in [5.41, 5.74) is 2.45. The van der Waals surface area contributed by atoms with Gasteiger partial charge in [0.05, 0.1) is 25.7 Å². The lowest BCUT2D eigenvalue weighted by Gasteiger charge is -2.26. The second-order valence-electron chi connectivity index (χ2n) is 7.03. The van der Waals surface area contributed by atoms with Gasteiger partial charge in [-0.05, 0) is 49.6 Å². The zero-order valence-corrected chi connectivity index (χ0v) is 18.1. The molecule has 0 atom stereocenters. The molecule has 0 fully saturated rings. The Kier molecular flexibility index (Phi) is 7.28. The number of thiophene rings is 1. The number of nitrogens with one attached hydrogen (secondary N) is 1. The molecule has 1 N–H and O–H groups in total. The first-order chi connectivity index (χ1) is 14.0. The molecule has 2 heterocycles. The smallest absolute Gasteiger partial charge is 0.341 e. The van der Waals surface area contributed by atoms with Crippen LogP contribution in [0, 0.1) is 0 Å². The lowest BCUT2D eigenvalue weighted by molar-refractivity contribution is -0.115. The monoisotopic (exact) mass is 416 g/mol. The Balaban J connectivity index is 1.79. The Morgan fingerprint density at radius 1 is 1.21 bits per heavy atom. The summed E-state index contributed by atoms with van der Waals surface area (Å²) >= 11 is 1.50. The quantitative estimate of drug-likeness (QED) is 0.662. The fourth-order valence-electron chi connectivity index (χ4n) is 3.57. The topological polar surface area (TPSA) is 67.9 Å². The van der Waals surface area contributed by atoms with Crippen molar-refractivity contribution in [2.24, 2.45) is 0 Å². The van der Waals surface area contributed by atoms with Gasteiger partial charge in [-0.2, -0.15) is 0 Å². The molecule has 1 aromatic carbocycles. The van der Waals surface area contributed by atoms with Crippen molar-refractivity contribution in [2.45, 2.75) is 39.7 Å². The van der Waals surface area contributed by atoms with Crippen LogP contribution in [0.1, 0.15) is 46.6 Å². The van der Waals surface area contributed by atoms with Gasteiger partial charge in [0.15, 0.2) is 0 Å². The van der Waals surface area contributed by atoms with E-state index in [2.05, 4.69) is 17.1 Å². The van der Waals surface area contributed by atoms with Crippen LogP contribution in [0.2, 0.25) is 0 Å². The van der Waals surface area contributed by atoms with Gasteiger partial charge in [0, 0.05) is 18.0 Å². The number of benzene rings is 1. The lowest BCUT2D eigenvalue weighted by atomic mass is 10.0. The molecular formula is C22H28N2O4S. The van der Waals surface area contributed by atoms with Crippen molar-refractivity contribution in [1.82, 2.24) is 4.90 Å². The van der Waals surface area contributed by atoms with Gasteiger partial charge in [-0.1, -0.05) is 19.1 Å². The van der Waals surface area contributed by atoms with E-state index in [-0.39, 0.29) is 18.3 Å². The predicted molar refractivity (Wildman–Crippen MR) is 115 cm³/mol. The fourth-order valence-corrected chi connectivity index (χ4v) is 4.86. The lowest BCUT2D eigenvalue weighted by Crippen LogP contribution is -2.30. The second-order valence-corrected chi connectivity index (χ2v) is 8.13. The standard InChI is InChI=1S/C22H28N2O4S/c1-4-11-24-12-10-17-18(14-24)29-21(20(17)22(26)28-5-2)23-19(25)13-15-6-8-16(27-3)9-7-15/h6-9H,4-5,10-14H2,1-3H3,(H,23,25). The molecular weight excluding hydrogens is 388 g/mol. The fraction of sp³-hybridized carbons (Fsp3) is 0.455. The van der Waals surface area contributed by atoms with E-state index in [1.807, 2.05) is 24.3 Å². The number of hydrogen-bond acceptors (Lipinski definition) is 6. The van der Waals surface area contributed by atoms with Crippen molar-refractivity contribution in [3.8, 4) is 5.75 Å². The molecule has 1 aliphatic rings. The number of anilines is 1. The predicted octanol–water partition coefficient (Wildman–Crippen LogP) is 3.88. The van der Waals surface area contributed by atoms with Crippen molar-refractivity contribution in [1.29, 1.82) is 0 Å². The summed E-state index contributed by atoms with van der Waals surface area (Å²) in [6.07, 6.45) is 2.13. The summed E-state index contributed by atoms with van der Waals surface area (Å²) in [6, 6.07) is 7.40. The summed E-state index contributed by atoms with van der Waals surface area (Å²) in [6.45, 7) is 7.04. The number of carbonyl (C=O) groups excluding carboxylic acids is 2. The van der Waals surface area contributed by atoms with E-state index in [9.17, 15) is 9.59 Å². The summed E-state index contributed by atoms with van der Waals surface area (Å²) in [5.74, 6) is 0.250. The summed E-state index contributed by atoms with van der Waals surface area (Å²) in [4.78, 5) is 28.8. The molecule has 6 nitrogen and oxygen atoms in total. The van der Waals surface area contributed by atoms with Gasteiger partial charge in [-0.15, -0.1) is 11.3 Å². The van der Waals surface area contributed by atoms with E-state index in [1.165, 1.54) is 11.3 Å². The Hall–Kier alpha value is -2.38. The zero-order chi connectivity index (χ0) is 20.8. The number of carbonyl (C=O) groups is 2. The molecule has 0 unspecified atom stereocenters. The second kappa shape index (κ2) is 9.89. The largest absolute Gasteiger partial charge is 0.497 e. The molecule has 0 bridgehead atoms. The normalized spacial score (nSPS) is 13.6. The number of nitrogens with zero attached hydrogens (tertiary/aromatic N) is 1. The first kappa shape index (κ1) is 21.3. The van der Waals surface area contributed by atoms with Crippen molar-refractivity contribution < 1.29 is 19.1 Å². The van der Waals surface area contributed by atoms with Gasteiger partial charge in [0.2, 0.25) is 5.91 Å². The average Bonchev–Trinajstić information content (AvgIpc) is 3.06. The van der Waals surface area contributed by atoms with E-state index in [1.54, 1.807) is 14.0 Å². The van der Waals surface area contributed by atoms with Crippen LogP contribution in [0.4, 0.5) is 5.00 Å². The molecule has 1 amide bonds. The molecule has 1 aliphatic heterocycles. The van der Waals surface area contributed by atoms with E-state index < -0.39 is 0 Å². The van der Waals surface area contributed by atoms with Crippen molar-refractivity contribution >= 4 is 28.2 Å². The van der Waals surface area contributed by atoms with E-state index in [0.29, 0.717) is 17.2 Å². The first-order valence-electron chi connectivity index (χ1n) is 10.0. The van der Waals surface area contributed by atoms with E-state index >= 15 is 0 Å². The molecule has 7 heteroatoms. The number of methoxy groups -OCH3 is 1. The number of ether oxygens (including phenoxy) is 2. The highest BCUT2D eigenvalue weighted by molar-refractivity contribution is 7.17. The van der Waals surface area contributed by atoms with Gasteiger partial charge in [0.1, 0.15) is 10.8 Å². The van der Waals surface area contributed by atoms with Gasteiger partial charge >= 0.3 is 5.97 Å². The Labute approximate surface area is 175 Å². The first-order valence-corrected chi connectivity index (χ1v) is 10.8. The third-order valence-electron chi connectivity index (χ3n) is 4.93. The minimum atomic E-state index is -0.353. The maximum Gasteiger partial charge on any atom is 0.341 e. The highest BCUT2D eigenvalue weighted by atomic mass is 32.1. The van der Waals surface area contributed by atoms with Crippen LogP contribution in [-0.4, -0.2) is 43.6 Å². The number of rotatable bonds is 8. The van der Waals surface area contributed by atoms with Gasteiger partial charge in [0.25, 0.3) is 0 Å². The Morgan fingerprint density at radius 3 is 2.62 bits per heavy atom. The van der Waals surface area contributed by atoms with Crippen LogP contribution in [0.15, 0.2) is 24.3 Å². The maximum absolute atomic E-state index is 12.7. The van der Waals surface area contributed by atoms with Crippen molar-refractivity contribution in [3.05, 3.63) is 45.8 Å². The molecule has 0 saturated carbocycles. The van der Waals surface area contributed by atoms with Crippen molar-refractivity contribution in [2.75, 3.05) is 32.1 Å². The van der Waals surface area contributed by atoms with Gasteiger partial charge < -0.3 is 14.8 Å². The Bertz CT molecular complexity index is 860. The van der Waals surface area contributed by atoms with Gasteiger partial charge in [-0.25, -0.2) is 4.79 Å². The summed E-state index contributed by atoms with van der Waals surface area (Å²) in [5, 5.41) is 3.56. The molecule has 1 aromatic heterocycles. The minimum absolute atomic E-state index is 0.148. The number of fused-ring (bicyclic) bond motifs is 1. The van der Waals surface area contributed by atoms with Crippen LogP contribution >= 0.6 is 11.3 Å². The van der Waals surface area contributed by atoms with Gasteiger partial charge in [-0.3, -0.25) is 9.69 Å². The minimum Gasteiger partial charge on any atom is -0.497 e. The summed E-state index contributed by atoms with van der Waals surface area (Å²) in [7, 11) is 1.61. The third kappa shape index (κ3) is 5.16. The molecule has 0 aliphatic carbocycles. The number of hydrogen-bond donors (Lipinski definition) is 1. The maximum atomic E-state index is 12.7. The molecule has 0 saturated heterocycles. The van der Waals surface area contributed by atoms with Crippen LogP contribution in [-0.2, 0) is 28.9 Å². The van der Waals surface area contributed by atoms with Crippen LogP contribution < -0.4 is 10.1 Å². The number of esters is 1. The molecule has 29 heavy (non-hydrogen) atoms. The molecule has 0 radical (unpaired) electrons. The summed E-state index contributed by atoms with van der Waals surface area (Å²) < 4.78 is 10.4. The molecule has 156 valence electrons. The van der Waals surface area contributed by atoms with Crippen LogP contribution in [0.5, 0.6) is 5.75 Å². The molecule has 3 rings (SSSR count). The molecule has 0 spiro atoms.